The second-order valence-electron chi connectivity index (χ2n) is 6.65. The van der Waals surface area contributed by atoms with Gasteiger partial charge in [-0.2, -0.15) is 0 Å². The molecule has 2 fully saturated rings. The zero-order valence-corrected chi connectivity index (χ0v) is 14.5. The van der Waals surface area contributed by atoms with Gasteiger partial charge < -0.3 is 22.1 Å². The lowest BCUT2D eigenvalue weighted by molar-refractivity contribution is -0.120. The quantitative estimate of drug-likeness (QED) is 0.650. The molecule has 2 aromatic rings. The molecule has 0 spiro atoms. The summed E-state index contributed by atoms with van der Waals surface area (Å²) in [7, 11) is 0. The molecule has 2 amide bonds. The Hall–Kier alpha value is -2.70. The van der Waals surface area contributed by atoms with Gasteiger partial charge in [-0.15, -0.1) is 0 Å². The van der Waals surface area contributed by atoms with E-state index in [-0.39, 0.29) is 36.0 Å². The van der Waals surface area contributed by atoms with Crippen molar-refractivity contribution in [3.8, 4) is 0 Å². The predicted molar refractivity (Wildman–Crippen MR) is 99.8 cm³/mol. The summed E-state index contributed by atoms with van der Waals surface area (Å²) in [5.74, 6) is 0.0858. The summed E-state index contributed by atoms with van der Waals surface area (Å²) in [5, 5.41) is 5.71. The van der Waals surface area contributed by atoms with Crippen LogP contribution in [0.25, 0.3) is 0 Å². The molecule has 2 aliphatic heterocycles. The molecule has 26 heavy (non-hydrogen) atoms. The Morgan fingerprint density at radius 1 is 0.654 bits per heavy atom. The van der Waals surface area contributed by atoms with Gasteiger partial charge >= 0.3 is 0 Å². The summed E-state index contributed by atoms with van der Waals surface area (Å²) in [6.45, 7) is 0. The van der Waals surface area contributed by atoms with Crippen molar-refractivity contribution in [3.05, 3.63) is 71.8 Å². The topological polar surface area (TPSA) is 110 Å². The number of nitrogens with one attached hydrogen (secondary N) is 2. The third kappa shape index (κ3) is 4.28. The molecule has 2 saturated heterocycles. The highest BCUT2D eigenvalue weighted by Crippen LogP contribution is 2.23. The summed E-state index contributed by atoms with van der Waals surface area (Å²) in [6, 6.07) is 19.4. The van der Waals surface area contributed by atoms with Crippen molar-refractivity contribution in [2.45, 2.75) is 37.0 Å². The number of benzene rings is 2. The van der Waals surface area contributed by atoms with Gasteiger partial charge in [-0.3, -0.25) is 9.59 Å². The van der Waals surface area contributed by atoms with E-state index in [0.717, 1.165) is 11.1 Å². The smallest absolute Gasteiger partial charge is 0.222 e. The Balaban J connectivity index is 0.000000151. The van der Waals surface area contributed by atoms with Gasteiger partial charge in [0, 0.05) is 24.9 Å². The molecule has 2 aromatic carbocycles. The second kappa shape index (κ2) is 8.12. The van der Waals surface area contributed by atoms with Gasteiger partial charge in [-0.05, 0) is 11.1 Å². The van der Waals surface area contributed by atoms with Gasteiger partial charge in [-0.1, -0.05) is 60.7 Å². The first kappa shape index (κ1) is 18.1. The minimum absolute atomic E-state index is 0.00583. The van der Waals surface area contributed by atoms with Crippen LogP contribution in [0.4, 0.5) is 0 Å². The van der Waals surface area contributed by atoms with E-state index in [1.54, 1.807) is 0 Å². The Morgan fingerprint density at radius 2 is 1.00 bits per heavy atom. The van der Waals surface area contributed by atoms with Crippen molar-refractivity contribution < 1.29 is 9.59 Å². The first-order valence-electron chi connectivity index (χ1n) is 8.74. The van der Waals surface area contributed by atoms with Crippen LogP contribution in [-0.2, 0) is 9.59 Å². The summed E-state index contributed by atoms with van der Waals surface area (Å²) < 4.78 is 0. The fourth-order valence-electron chi connectivity index (χ4n) is 3.32. The van der Waals surface area contributed by atoms with E-state index in [0.29, 0.717) is 12.8 Å². The summed E-state index contributed by atoms with van der Waals surface area (Å²) >= 11 is 0. The highest BCUT2D eigenvalue weighted by molar-refractivity contribution is 5.80. The van der Waals surface area contributed by atoms with Crippen molar-refractivity contribution >= 4 is 11.8 Å². The fourth-order valence-corrected chi connectivity index (χ4v) is 3.32. The number of carbonyl (C=O) groups excluding carboxylic acids is 2. The van der Waals surface area contributed by atoms with Crippen LogP contribution in [-0.4, -0.2) is 23.9 Å². The first-order valence-corrected chi connectivity index (χ1v) is 8.74. The Labute approximate surface area is 153 Å². The molecule has 0 aliphatic carbocycles. The molecule has 6 heteroatoms. The molecular formula is C20H24N4O2. The van der Waals surface area contributed by atoms with E-state index in [1.807, 2.05) is 60.7 Å². The molecule has 0 aromatic heterocycles. The van der Waals surface area contributed by atoms with Crippen LogP contribution in [0.3, 0.4) is 0 Å². The largest absolute Gasteiger partial charge is 0.348 e. The SMILES string of the molecule is N[C@H]1CC(=O)NC1c1ccccc1.N[C@H]1CC(=O)N[C@@H]1c1ccccc1. The lowest BCUT2D eigenvalue weighted by Gasteiger charge is -2.14. The van der Waals surface area contributed by atoms with Crippen LogP contribution in [0, 0.1) is 0 Å². The number of carbonyl (C=O) groups is 2. The molecule has 1 unspecified atom stereocenters. The fraction of sp³-hybridized carbons (Fsp3) is 0.300. The molecular weight excluding hydrogens is 328 g/mol. The third-order valence-corrected chi connectivity index (χ3v) is 4.65. The molecule has 2 heterocycles. The van der Waals surface area contributed by atoms with E-state index in [1.165, 1.54) is 0 Å². The van der Waals surface area contributed by atoms with Crippen LogP contribution in [0.5, 0.6) is 0 Å². The van der Waals surface area contributed by atoms with Gasteiger partial charge in [-0.25, -0.2) is 0 Å². The minimum atomic E-state index is -0.0881. The predicted octanol–water partition coefficient (Wildman–Crippen LogP) is 1.15. The molecule has 4 atom stereocenters. The Morgan fingerprint density at radius 3 is 1.27 bits per heavy atom. The lowest BCUT2D eigenvalue weighted by Crippen LogP contribution is -2.28. The molecule has 0 saturated carbocycles. The van der Waals surface area contributed by atoms with E-state index in [9.17, 15) is 9.59 Å². The summed E-state index contributed by atoms with van der Waals surface area (Å²) in [6.07, 6.45) is 0.860. The maximum absolute atomic E-state index is 11.0. The average Bonchev–Trinajstić information content (AvgIpc) is 3.17. The highest BCUT2D eigenvalue weighted by atomic mass is 16.2. The van der Waals surface area contributed by atoms with Crippen LogP contribution in [0.1, 0.15) is 36.1 Å². The molecule has 0 bridgehead atoms. The lowest BCUT2D eigenvalue weighted by atomic mass is 10.0. The molecule has 4 rings (SSSR count). The van der Waals surface area contributed by atoms with Crippen molar-refractivity contribution in [3.63, 3.8) is 0 Å². The number of hydrogen-bond acceptors (Lipinski definition) is 4. The summed E-state index contributed by atoms with van der Waals surface area (Å²) in [4.78, 5) is 22.1. The zero-order chi connectivity index (χ0) is 18.5. The van der Waals surface area contributed by atoms with Gasteiger partial charge in [0.15, 0.2) is 0 Å². The van der Waals surface area contributed by atoms with Gasteiger partial charge in [0.2, 0.25) is 11.8 Å². The van der Waals surface area contributed by atoms with Crippen molar-refractivity contribution in [2.75, 3.05) is 0 Å². The number of rotatable bonds is 2. The minimum Gasteiger partial charge on any atom is -0.348 e. The van der Waals surface area contributed by atoms with E-state index < -0.39 is 0 Å². The molecule has 6 N–H and O–H groups in total. The second-order valence-corrected chi connectivity index (χ2v) is 6.65. The zero-order valence-electron chi connectivity index (χ0n) is 14.5. The molecule has 136 valence electrons. The van der Waals surface area contributed by atoms with E-state index >= 15 is 0 Å². The number of nitrogens with two attached hydrogens (primary N) is 2. The molecule has 2 aliphatic rings. The van der Waals surface area contributed by atoms with Gasteiger partial charge in [0.05, 0.1) is 12.1 Å². The first-order chi connectivity index (χ1) is 12.5. The average molecular weight is 352 g/mol. The van der Waals surface area contributed by atoms with Crippen LogP contribution in [0.2, 0.25) is 0 Å². The van der Waals surface area contributed by atoms with Crippen molar-refractivity contribution in [1.82, 2.24) is 10.6 Å². The van der Waals surface area contributed by atoms with E-state index in [2.05, 4.69) is 10.6 Å². The van der Waals surface area contributed by atoms with E-state index in [4.69, 9.17) is 11.5 Å². The standard InChI is InChI=1S/2C10H12N2O/c2*11-8-6-9(13)12-10(8)7-4-2-1-3-5-7/h2*1-5,8,10H,6,11H2,(H,12,13)/t8-,10?;8-,10+/m00/s1. The third-order valence-electron chi connectivity index (χ3n) is 4.65. The number of hydrogen-bond donors (Lipinski definition) is 4. The van der Waals surface area contributed by atoms with Gasteiger partial charge in [0.1, 0.15) is 0 Å². The Bertz CT molecular complexity index is 685. The van der Waals surface area contributed by atoms with Crippen LogP contribution < -0.4 is 22.1 Å². The normalized spacial score (nSPS) is 27.3. The number of amides is 2. The van der Waals surface area contributed by atoms with Gasteiger partial charge in [0.25, 0.3) is 0 Å². The monoisotopic (exact) mass is 352 g/mol. The van der Waals surface area contributed by atoms with Crippen molar-refractivity contribution in [1.29, 1.82) is 0 Å². The molecule has 0 radical (unpaired) electrons. The summed E-state index contributed by atoms with van der Waals surface area (Å²) in [5.41, 5.74) is 13.8. The maximum atomic E-state index is 11.0. The maximum Gasteiger partial charge on any atom is 0.222 e. The highest BCUT2D eigenvalue weighted by Gasteiger charge is 2.30. The molecule has 6 nitrogen and oxygen atoms in total. The van der Waals surface area contributed by atoms with Crippen molar-refractivity contribution in [2.24, 2.45) is 11.5 Å². The van der Waals surface area contributed by atoms with Crippen LogP contribution >= 0.6 is 0 Å². The Kier molecular flexibility index (Phi) is 5.65. The van der Waals surface area contributed by atoms with Crippen LogP contribution in [0.15, 0.2) is 60.7 Å².